The van der Waals surface area contributed by atoms with Crippen molar-refractivity contribution in [2.45, 2.75) is 116 Å². The average Bonchev–Trinajstić information content (AvgIpc) is 3.31. The predicted molar refractivity (Wildman–Crippen MR) is 149 cm³/mol. The van der Waals surface area contributed by atoms with Gasteiger partial charge in [-0.25, -0.2) is 0 Å². The highest BCUT2D eigenvalue weighted by atomic mass is 16.6. The minimum Gasteiger partial charge on any atom is -0.461 e. The largest absolute Gasteiger partial charge is 0.461 e. The molecule has 0 aromatic carbocycles. The molecule has 2 fully saturated rings. The first kappa shape index (κ1) is 31.4. The molecule has 2 saturated carbocycles. The van der Waals surface area contributed by atoms with Crippen LogP contribution in [0.3, 0.4) is 0 Å². The van der Waals surface area contributed by atoms with E-state index in [1.54, 1.807) is 19.9 Å². The molecular formula is C32H46O9. The summed E-state index contributed by atoms with van der Waals surface area (Å²) in [5.74, 6) is -4.79. The van der Waals surface area contributed by atoms with Crippen LogP contribution in [-0.2, 0) is 33.4 Å². The lowest BCUT2D eigenvalue weighted by Crippen LogP contribution is -2.66. The SMILES string of the molecule is CCCC(=O)OCC1=C[C@H]2[C@@H]3C(C)(C)[C@]3(OC(=O)CCC)[C@H](OC(=O)CCC)[C@@H](C)[C@]2(O)[C@@H]2C=C(C)C(=O)[C@]2(O)C1. The highest BCUT2D eigenvalue weighted by Gasteiger charge is 2.87. The number of fused-ring (bicyclic) bond motifs is 5. The Morgan fingerprint density at radius 1 is 0.951 bits per heavy atom. The number of ketones is 1. The topological polar surface area (TPSA) is 136 Å². The lowest BCUT2D eigenvalue weighted by Gasteiger charge is -2.53. The molecule has 0 amide bonds. The molecule has 0 aliphatic heterocycles. The summed E-state index contributed by atoms with van der Waals surface area (Å²) in [6.45, 7) is 12.7. The first-order valence-electron chi connectivity index (χ1n) is 15.1. The number of aliphatic hydroxyl groups is 2. The van der Waals surface area contributed by atoms with E-state index in [1.807, 2.05) is 40.7 Å². The molecule has 0 saturated heterocycles. The maximum Gasteiger partial charge on any atom is 0.306 e. The second-order valence-electron chi connectivity index (χ2n) is 13.1. The summed E-state index contributed by atoms with van der Waals surface area (Å²) in [5, 5.41) is 24.9. The molecule has 0 aromatic heterocycles. The van der Waals surface area contributed by atoms with Crippen LogP contribution < -0.4 is 0 Å². The van der Waals surface area contributed by atoms with Crippen molar-refractivity contribution in [3.05, 3.63) is 23.3 Å². The molecule has 0 aromatic rings. The van der Waals surface area contributed by atoms with E-state index in [9.17, 15) is 29.4 Å². The van der Waals surface area contributed by atoms with E-state index >= 15 is 0 Å². The fraction of sp³-hybridized carbons (Fsp3) is 0.750. The number of rotatable bonds is 10. The van der Waals surface area contributed by atoms with E-state index in [1.165, 1.54) is 0 Å². The van der Waals surface area contributed by atoms with Gasteiger partial charge in [0, 0.05) is 54.8 Å². The summed E-state index contributed by atoms with van der Waals surface area (Å²) in [7, 11) is 0. The van der Waals surface area contributed by atoms with E-state index in [4.69, 9.17) is 14.2 Å². The van der Waals surface area contributed by atoms with E-state index in [2.05, 4.69) is 0 Å². The number of esters is 3. The van der Waals surface area contributed by atoms with Crippen molar-refractivity contribution in [3.8, 4) is 0 Å². The number of ether oxygens (including phenoxy) is 3. The molecule has 0 unspecified atom stereocenters. The normalized spacial score (nSPS) is 38.4. The van der Waals surface area contributed by atoms with Crippen molar-refractivity contribution < 1.29 is 43.6 Å². The third-order valence-electron chi connectivity index (χ3n) is 10.1. The number of hydrogen-bond acceptors (Lipinski definition) is 9. The highest BCUT2D eigenvalue weighted by molar-refractivity contribution is 6.04. The molecule has 228 valence electrons. The second-order valence-corrected chi connectivity index (χ2v) is 13.1. The van der Waals surface area contributed by atoms with Gasteiger partial charge in [-0.3, -0.25) is 19.2 Å². The smallest absolute Gasteiger partial charge is 0.306 e. The fourth-order valence-electron chi connectivity index (χ4n) is 8.11. The van der Waals surface area contributed by atoms with Crippen molar-refractivity contribution >= 4 is 23.7 Å². The van der Waals surface area contributed by atoms with E-state index in [-0.39, 0.29) is 32.3 Å². The number of hydrogen-bond donors (Lipinski definition) is 2. The van der Waals surface area contributed by atoms with Gasteiger partial charge in [-0.05, 0) is 37.3 Å². The predicted octanol–water partition coefficient (Wildman–Crippen LogP) is 3.98. The molecular weight excluding hydrogens is 528 g/mol. The molecule has 8 atom stereocenters. The second kappa shape index (κ2) is 11.0. The molecule has 0 bridgehead atoms. The van der Waals surface area contributed by atoms with Crippen LogP contribution in [0.5, 0.6) is 0 Å². The van der Waals surface area contributed by atoms with Gasteiger partial charge < -0.3 is 24.4 Å². The van der Waals surface area contributed by atoms with Gasteiger partial charge >= 0.3 is 17.9 Å². The maximum atomic E-state index is 13.4. The number of carbonyl (C=O) groups is 4. The lowest BCUT2D eigenvalue weighted by molar-refractivity contribution is -0.229. The highest BCUT2D eigenvalue weighted by Crippen LogP contribution is 2.77. The summed E-state index contributed by atoms with van der Waals surface area (Å²) in [5.41, 5.74) is -4.80. The van der Waals surface area contributed by atoms with Gasteiger partial charge in [-0.15, -0.1) is 0 Å². The van der Waals surface area contributed by atoms with E-state index < -0.39 is 75.7 Å². The zero-order chi connectivity index (χ0) is 30.5. The van der Waals surface area contributed by atoms with Crippen LogP contribution in [0.4, 0.5) is 0 Å². The molecule has 4 rings (SSSR count). The summed E-state index contributed by atoms with van der Waals surface area (Å²) < 4.78 is 17.9. The van der Waals surface area contributed by atoms with Crippen molar-refractivity contribution in [1.82, 2.24) is 0 Å². The molecule has 9 nitrogen and oxygen atoms in total. The van der Waals surface area contributed by atoms with E-state index in [0.29, 0.717) is 30.4 Å². The van der Waals surface area contributed by atoms with Crippen LogP contribution in [0, 0.1) is 29.1 Å². The monoisotopic (exact) mass is 574 g/mol. The molecule has 0 radical (unpaired) electrons. The molecule has 9 heteroatoms. The first-order chi connectivity index (χ1) is 19.2. The van der Waals surface area contributed by atoms with E-state index in [0.717, 1.165) is 0 Å². The van der Waals surface area contributed by atoms with Crippen molar-refractivity contribution in [2.24, 2.45) is 29.1 Å². The third kappa shape index (κ3) is 4.67. The van der Waals surface area contributed by atoms with Crippen LogP contribution >= 0.6 is 0 Å². The van der Waals surface area contributed by atoms with Gasteiger partial charge in [0.1, 0.15) is 18.3 Å². The van der Waals surface area contributed by atoms with Gasteiger partial charge in [0.05, 0.1) is 5.60 Å². The third-order valence-corrected chi connectivity index (χ3v) is 10.1. The molecule has 4 aliphatic carbocycles. The zero-order valence-corrected chi connectivity index (χ0v) is 25.5. The Labute approximate surface area is 242 Å². The lowest BCUT2D eigenvalue weighted by atomic mass is 9.59. The van der Waals surface area contributed by atoms with Gasteiger partial charge in [-0.1, -0.05) is 53.7 Å². The Bertz CT molecular complexity index is 1170. The van der Waals surface area contributed by atoms with Crippen LogP contribution in [0.1, 0.15) is 93.4 Å². The number of Topliss-reactive ketones (excluding diaryl/α,β-unsaturated/α-hetero) is 1. The molecule has 2 N–H and O–H groups in total. The summed E-state index contributed by atoms with van der Waals surface area (Å²) >= 11 is 0. The Morgan fingerprint density at radius 2 is 1.54 bits per heavy atom. The quantitative estimate of drug-likeness (QED) is 0.225. The van der Waals surface area contributed by atoms with Gasteiger partial charge in [-0.2, -0.15) is 0 Å². The van der Waals surface area contributed by atoms with Crippen LogP contribution in [0.25, 0.3) is 0 Å². The molecule has 41 heavy (non-hydrogen) atoms. The standard InChI is InChI=1S/C32H46O9/c1-8-11-23(33)39-17-20-15-21-26-29(6,7)32(26,41-25(35)13-10-3)28(40-24(34)12-9-2)19(5)31(21,38)22-14-18(4)27(36)30(22,37)16-20/h14-15,19,21-22,26,28,37-38H,8-13,16-17H2,1-7H3/t19-,21+,22-,26-,28-,30+,31-,32-/m1/s1. The van der Waals surface area contributed by atoms with Gasteiger partial charge in [0.25, 0.3) is 0 Å². The molecule has 4 aliphatic rings. The molecule has 0 heterocycles. The van der Waals surface area contributed by atoms with Crippen molar-refractivity contribution in [1.29, 1.82) is 0 Å². The Balaban J connectivity index is 1.89. The average molecular weight is 575 g/mol. The van der Waals surface area contributed by atoms with Crippen LogP contribution in [0.15, 0.2) is 23.3 Å². The maximum absolute atomic E-state index is 13.4. The Morgan fingerprint density at radius 3 is 2.15 bits per heavy atom. The summed E-state index contributed by atoms with van der Waals surface area (Å²) in [6.07, 6.45) is 4.66. The minimum atomic E-state index is -1.97. The van der Waals surface area contributed by atoms with Crippen molar-refractivity contribution in [2.75, 3.05) is 6.61 Å². The van der Waals surface area contributed by atoms with Crippen LogP contribution in [-0.4, -0.2) is 63.4 Å². The summed E-state index contributed by atoms with van der Waals surface area (Å²) in [4.78, 5) is 51.7. The zero-order valence-electron chi connectivity index (χ0n) is 25.5. The van der Waals surface area contributed by atoms with Crippen molar-refractivity contribution in [3.63, 3.8) is 0 Å². The Kier molecular flexibility index (Phi) is 8.39. The van der Waals surface area contributed by atoms with Crippen LogP contribution in [0.2, 0.25) is 0 Å². The van der Waals surface area contributed by atoms with Gasteiger partial charge in [0.15, 0.2) is 11.4 Å². The Hall–Kier alpha value is -2.52. The minimum absolute atomic E-state index is 0.120. The molecule has 0 spiro atoms. The number of carbonyl (C=O) groups excluding carboxylic acids is 4. The fourth-order valence-corrected chi connectivity index (χ4v) is 8.11. The first-order valence-corrected chi connectivity index (χ1v) is 15.1. The summed E-state index contributed by atoms with van der Waals surface area (Å²) in [6, 6.07) is 0. The van der Waals surface area contributed by atoms with Gasteiger partial charge in [0.2, 0.25) is 0 Å².